The zero-order valence-electron chi connectivity index (χ0n) is 15.0. The van der Waals surface area contributed by atoms with E-state index in [2.05, 4.69) is 6.92 Å². The maximum atomic E-state index is 5.90. The van der Waals surface area contributed by atoms with Gasteiger partial charge >= 0.3 is 0 Å². The van der Waals surface area contributed by atoms with E-state index < -0.39 is 0 Å². The second-order valence-electron chi connectivity index (χ2n) is 5.86. The molecule has 1 aromatic rings. The maximum absolute atomic E-state index is 5.90. The highest BCUT2D eigenvalue weighted by molar-refractivity contribution is 5.53. The molecule has 0 aliphatic rings. The monoisotopic (exact) mass is 323 g/mol. The molecular formula is C19H33NO3. The van der Waals surface area contributed by atoms with E-state index in [1.807, 2.05) is 12.1 Å². The van der Waals surface area contributed by atoms with Gasteiger partial charge in [0.05, 0.1) is 20.8 Å². The number of nitrogens with two attached hydrogens (primary N) is 1. The minimum Gasteiger partial charge on any atom is -0.493 e. The van der Waals surface area contributed by atoms with E-state index in [0.717, 1.165) is 12.0 Å². The van der Waals surface area contributed by atoms with Crippen LogP contribution in [-0.4, -0.2) is 20.8 Å². The van der Waals surface area contributed by atoms with Crippen molar-refractivity contribution in [3.05, 3.63) is 17.7 Å². The van der Waals surface area contributed by atoms with Crippen LogP contribution in [0.25, 0.3) is 0 Å². The molecule has 4 heteroatoms. The summed E-state index contributed by atoms with van der Waals surface area (Å²) in [5, 5.41) is 0. The number of hydrogen-bond donors (Lipinski definition) is 1. The van der Waals surface area contributed by atoms with Crippen molar-refractivity contribution < 1.29 is 14.2 Å². The number of benzene rings is 1. The van der Waals surface area contributed by atoms with Crippen molar-refractivity contribution in [1.29, 1.82) is 0 Å². The first-order chi connectivity index (χ1) is 11.3. The van der Waals surface area contributed by atoms with Crippen molar-refractivity contribution in [2.24, 2.45) is 5.73 Å². The van der Waals surface area contributed by atoms with Crippen LogP contribution in [0, 0.1) is 0 Å². The van der Waals surface area contributed by atoms with Gasteiger partial charge in [-0.1, -0.05) is 51.9 Å². The van der Waals surface area contributed by atoms with E-state index in [1.54, 1.807) is 14.2 Å². The molecule has 0 heterocycles. The summed E-state index contributed by atoms with van der Waals surface area (Å²) in [5.74, 6) is 2.05. The van der Waals surface area contributed by atoms with E-state index in [9.17, 15) is 0 Å². The largest absolute Gasteiger partial charge is 0.493 e. The molecule has 23 heavy (non-hydrogen) atoms. The van der Waals surface area contributed by atoms with Crippen molar-refractivity contribution in [3.8, 4) is 17.2 Å². The molecule has 0 amide bonds. The molecule has 1 rings (SSSR count). The van der Waals surface area contributed by atoms with Crippen molar-refractivity contribution in [2.75, 3.05) is 20.8 Å². The second-order valence-corrected chi connectivity index (χ2v) is 5.86. The second kappa shape index (κ2) is 12.1. The number of methoxy groups -OCH3 is 2. The first kappa shape index (κ1) is 19.6. The molecule has 2 N–H and O–H groups in total. The molecule has 0 aromatic heterocycles. The third kappa shape index (κ3) is 7.12. The summed E-state index contributed by atoms with van der Waals surface area (Å²) in [7, 11) is 3.27. The Morgan fingerprint density at radius 2 is 1.35 bits per heavy atom. The summed E-state index contributed by atoms with van der Waals surface area (Å²) in [5.41, 5.74) is 6.66. The number of rotatable bonds is 13. The Morgan fingerprint density at radius 1 is 0.826 bits per heavy atom. The summed E-state index contributed by atoms with van der Waals surface area (Å²) in [4.78, 5) is 0. The lowest BCUT2D eigenvalue weighted by Gasteiger charge is -2.15. The van der Waals surface area contributed by atoms with Gasteiger partial charge in [0.25, 0.3) is 0 Å². The molecule has 0 atom stereocenters. The van der Waals surface area contributed by atoms with E-state index in [-0.39, 0.29) is 0 Å². The molecule has 0 saturated carbocycles. The van der Waals surface area contributed by atoms with Gasteiger partial charge in [-0.05, 0) is 24.1 Å². The molecule has 1 aromatic carbocycles. The summed E-state index contributed by atoms with van der Waals surface area (Å²) in [6, 6.07) is 3.82. The first-order valence-electron chi connectivity index (χ1n) is 8.84. The van der Waals surface area contributed by atoms with Gasteiger partial charge in [-0.2, -0.15) is 0 Å². The Kier molecular flexibility index (Phi) is 10.3. The van der Waals surface area contributed by atoms with Crippen LogP contribution in [0.4, 0.5) is 0 Å². The topological polar surface area (TPSA) is 53.7 Å². The fourth-order valence-electron chi connectivity index (χ4n) is 2.60. The van der Waals surface area contributed by atoms with E-state index >= 15 is 0 Å². The average molecular weight is 323 g/mol. The molecular weight excluding hydrogens is 290 g/mol. The van der Waals surface area contributed by atoms with Crippen LogP contribution in [0.3, 0.4) is 0 Å². The molecule has 4 nitrogen and oxygen atoms in total. The predicted octanol–water partition coefficient (Wildman–Crippen LogP) is 4.68. The summed E-state index contributed by atoms with van der Waals surface area (Å²) in [6.45, 7) is 3.38. The van der Waals surface area contributed by atoms with Gasteiger partial charge in [0.15, 0.2) is 11.5 Å². The minimum atomic E-state index is 0.449. The third-order valence-electron chi connectivity index (χ3n) is 4.00. The Labute approximate surface area is 141 Å². The summed E-state index contributed by atoms with van der Waals surface area (Å²) in [6.07, 6.45) is 10.3. The molecule has 0 unspecified atom stereocenters. The van der Waals surface area contributed by atoms with Crippen LogP contribution < -0.4 is 19.9 Å². The smallest absolute Gasteiger partial charge is 0.203 e. The van der Waals surface area contributed by atoms with Crippen LogP contribution >= 0.6 is 0 Å². The zero-order valence-corrected chi connectivity index (χ0v) is 15.0. The predicted molar refractivity (Wildman–Crippen MR) is 95.5 cm³/mol. The normalized spacial score (nSPS) is 10.6. The van der Waals surface area contributed by atoms with E-state index in [4.69, 9.17) is 19.9 Å². The fourth-order valence-corrected chi connectivity index (χ4v) is 2.60. The third-order valence-corrected chi connectivity index (χ3v) is 4.00. The highest BCUT2D eigenvalue weighted by Crippen LogP contribution is 2.38. The van der Waals surface area contributed by atoms with Gasteiger partial charge in [0.2, 0.25) is 5.75 Å². The van der Waals surface area contributed by atoms with Gasteiger partial charge in [-0.25, -0.2) is 0 Å². The summed E-state index contributed by atoms with van der Waals surface area (Å²) < 4.78 is 16.7. The number of unbranched alkanes of at least 4 members (excludes halogenated alkanes) is 7. The molecule has 0 fully saturated rings. The van der Waals surface area contributed by atoms with Crippen molar-refractivity contribution >= 4 is 0 Å². The average Bonchev–Trinajstić information content (AvgIpc) is 2.59. The van der Waals surface area contributed by atoms with Crippen LogP contribution in [-0.2, 0) is 6.54 Å². The molecule has 0 aliphatic heterocycles. The zero-order chi connectivity index (χ0) is 16.9. The molecule has 0 bridgehead atoms. The molecule has 0 spiro atoms. The highest BCUT2D eigenvalue weighted by Gasteiger charge is 2.13. The highest BCUT2D eigenvalue weighted by atomic mass is 16.5. The van der Waals surface area contributed by atoms with Crippen molar-refractivity contribution in [1.82, 2.24) is 0 Å². The van der Waals surface area contributed by atoms with Gasteiger partial charge < -0.3 is 19.9 Å². The molecule has 0 saturated heterocycles. The van der Waals surface area contributed by atoms with Crippen LogP contribution in [0.5, 0.6) is 17.2 Å². The molecule has 0 aliphatic carbocycles. The molecule has 132 valence electrons. The van der Waals surface area contributed by atoms with Gasteiger partial charge in [0, 0.05) is 6.54 Å². The SMILES string of the molecule is CCCCCCCCCCOc1c(OC)cc(CN)cc1OC. The maximum Gasteiger partial charge on any atom is 0.203 e. The van der Waals surface area contributed by atoms with Gasteiger partial charge in [-0.15, -0.1) is 0 Å². The van der Waals surface area contributed by atoms with Crippen molar-refractivity contribution in [3.63, 3.8) is 0 Å². The van der Waals surface area contributed by atoms with Crippen LogP contribution in [0.2, 0.25) is 0 Å². The quantitative estimate of drug-likeness (QED) is 0.535. The first-order valence-corrected chi connectivity index (χ1v) is 8.84. The van der Waals surface area contributed by atoms with Crippen molar-refractivity contribution in [2.45, 2.75) is 64.8 Å². The van der Waals surface area contributed by atoms with E-state index in [0.29, 0.717) is 30.4 Å². The Bertz CT molecular complexity index is 410. The standard InChI is InChI=1S/C19H33NO3/c1-4-5-6-7-8-9-10-11-12-23-19-17(21-2)13-16(15-20)14-18(19)22-3/h13-14H,4-12,15,20H2,1-3H3. The van der Waals surface area contributed by atoms with Crippen LogP contribution in [0.15, 0.2) is 12.1 Å². The lowest BCUT2D eigenvalue weighted by Crippen LogP contribution is -2.04. The van der Waals surface area contributed by atoms with Gasteiger partial charge in [0.1, 0.15) is 0 Å². The van der Waals surface area contributed by atoms with Gasteiger partial charge in [-0.3, -0.25) is 0 Å². The molecule has 0 radical (unpaired) electrons. The Hall–Kier alpha value is -1.42. The lowest BCUT2D eigenvalue weighted by atomic mass is 10.1. The van der Waals surface area contributed by atoms with E-state index in [1.165, 1.54) is 44.9 Å². The lowest BCUT2D eigenvalue weighted by molar-refractivity contribution is 0.267. The Balaban J connectivity index is 2.36. The minimum absolute atomic E-state index is 0.449. The van der Waals surface area contributed by atoms with Crippen LogP contribution in [0.1, 0.15) is 63.9 Å². The fraction of sp³-hybridized carbons (Fsp3) is 0.684. The number of hydrogen-bond acceptors (Lipinski definition) is 4. The number of ether oxygens (including phenoxy) is 3. The Morgan fingerprint density at radius 3 is 1.83 bits per heavy atom. The summed E-state index contributed by atoms with van der Waals surface area (Å²) >= 11 is 0.